The molecule has 174 valence electrons. The molecule has 2 atom stereocenters. The van der Waals surface area contributed by atoms with Crippen molar-refractivity contribution in [2.24, 2.45) is 0 Å². The highest BCUT2D eigenvalue weighted by molar-refractivity contribution is 6.07. The number of amides is 3. The Bertz CT molecular complexity index is 1110. The summed E-state index contributed by atoms with van der Waals surface area (Å²) in [6.45, 7) is 9.19. The van der Waals surface area contributed by atoms with Crippen molar-refractivity contribution in [1.82, 2.24) is 10.6 Å². The topological polar surface area (TPSA) is 106 Å². The third-order valence-electron chi connectivity index (χ3n) is 5.43. The van der Waals surface area contributed by atoms with E-state index in [0.717, 1.165) is 11.1 Å². The van der Waals surface area contributed by atoms with Crippen molar-refractivity contribution in [3.05, 3.63) is 70.4 Å². The zero-order valence-electron chi connectivity index (χ0n) is 19.4. The summed E-state index contributed by atoms with van der Waals surface area (Å²) >= 11 is 0. The quantitative estimate of drug-likeness (QED) is 0.554. The first kappa shape index (κ1) is 23.8. The molecule has 33 heavy (non-hydrogen) atoms. The summed E-state index contributed by atoms with van der Waals surface area (Å²) in [5.41, 5.74) is 4.14. The van der Waals surface area contributed by atoms with Gasteiger partial charge in [-0.3, -0.25) is 4.79 Å². The van der Waals surface area contributed by atoms with Crippen LogP contribution in [0.25, 0.3) is 0 Å². The van der Waals surface area contributed by atoms with Crippen LogP contribution in [0.3, 0.4) is 0 Å². The standard InChI is InChI=1S/C25H29N3O5/c1-6-32-24(30)17(5)33-20-10-8-7-9-19(20)22-21(16(4)26-25(31)28-22)23(29)27-18-12-11-14(2)15(3)13-18/h7-13,17,22H,6H2,1-5H3,(H,27,29)(H2,26,28,31)/t17-,22+/m1/s1. The van der Waals surface area contributed by atoms with Crippen LogP contribution in [0.4, 0.5) is 10.5 Å². The molecule has 0 saturated heterocycles. The lowest BCUT2D eigenvalue weighted by atomic mass is 9.94. The van der Waals surface area contributed by atoms with E-state index in [-0.39, 0.29) is 12.5 Å². The number of anilines is 1. The van der Waals surface area contributed by atoms with Crippen molar-refractivity contribution in [2.75, 3.05) is 11.9 Å². The summed E-state index contributed by atoms with van der Waals surface area (Å²) in [4.78, 5) is 37.7. The number of rotatable bonds is 7. The summed E-state index contributed by atoms with van der Waals surface area (Å²) in [5, 5.41) is 8.39. The first-order valence-electron chi connectivity index (χ1n) is 10.8. The Morgan fingerprint density at radius 3 is 2.52 bits per heavy atom. The Morgan fingerprint density at radius 1 is 1.09 bits per heavy atom. The summed E-state index contributed by atoms with van der Waals surface area (Å²) in [7, 11) is 0. The Kier molecular flexibility index (Phi) is 7.37. The van der Waals surface area contributed by atoms with Gasteiger partial charge in [0.15, 0.2) is 6.10 Å². The van der Waals surface area contributed by atoms with E-state index in [0.29, 0.717) is 28.3 Å². The molecule has 0 bridgehead atoms. The van der Waals surface area contributed by atoms with Crippen LogP contribution in [-0.4, -0.2) is 30.6 Å². The van der Waals surface area contributed by atoms with E-state index in [9.17, 15) is 14.4 Å². The summed E-state index contributed by atoms with van der Waals surface area (Å²) in [5.74, 6) is -0.489. The van der Waals surface area contributed by atoms with Gasteiger partial charge in [0.1, 0.15) is 5.75 Å². The van der Waals surface area contributed by atoms with Crippen molar-refractivity contribution >= 4 is 23.6 Å². The number of hydrogen-bond acceptors (Lipinski definition) is 5. The van der Waals surface area contributed by atoms with Gasteiger partial charge >= 0.3 is 12.0 Å². The number of hydrogen-bond donors (Lipinski definition) is 3. The van der Waals surface area contributed by atoms with E-state index in [1.807, 2.05) is 32.0 Å². The minimum absolute atomic E-state index is 0.239. The second-order valence-electron chi connectivity index (χ2n) is 7.87. The molecule has 0 fully saturated rings. The van der Waals surface area contributed by atoms with Crippen molar-refractivity contribution in [1.29, 1.82) is 0 Å². The lowest BCUT2D eigenvalue weighted by molar-refractivity contribution is -0.150. The van der Waals surface area contributed by atoms with Gasteiger partial charge in [-0.1, -0.05) is 24.3 Å². The normalized spacial score (nSPS) is 16.4. The van der Waals surface area contributed by atoms with Gasteiger partial charge in [-0.25, -0.2) is 9.59 Å². The highest BCUT2D eigenvalue weighted by Crippen LogP contribution is 2.34. The molecule has 3 N–H and O–H groups in total. The van der Waals surface area contributed by atoms with Crippen molar-refractivity contribution in [3.8, 4) is 5.75 Å². The minimum atomic E-state index is -0.860. The first-order chi connectivity index (χ1) is 15.7. The maximum Gasteiger partial charge on any atom is 0.347 e. The van der Waals surface area contributed by atoms with Crippen LogP contribution in [0.1, 0.15) is 43.5 Å². The molecule has 0 spiro atoms. The number of allylic oxidation sites excluding steroid dienone is 1. The molecule has 0 unspecified atom stereocenters. The highest BCUT2D eigenvalue weighted by Gasteiger charge is 2.33. The van der Waals surface area contributed by atoms with Crippen molar-refractivity contribution in [3.63, 3.8) is 0 Å². The molecule has 3 rings (SSSR count). The largest absolute Gasteiger partial charge is 0.479 e. The van der Waals surface area contributed by atoms with Gasteiger partial charge in [0, 0.05) is 16.9 Å². The fourth-order valence-corrected chi connectivity index (χ4v) is 3.57. The summed E-state index contributed by atoms with van der Waals surface area (Å²) < 4.78 is 10.9. The van der Waals surface area contributed by atoms with Gasteiger partial charge < -0.3 is 25.4 Å². The number of ether oxygens (including phenoxy) is 2. The second-order valence-corrected chi connectivity index (χ2v) is 7.87. The molecule has 0 aromatic heterocycles. The summed E-state index contributed by atoms with van der Waals surface area (Å²) in [6.07, 6.45) is -0.860. The smallest absolute Gasteiger partial charge is 0.347 e. The van der Waals surface area contributed by atoms with Crippen LogP contribution in [0.15, 0.2) is 53.7 Å². The Labute approximate surface area is 193 Å². The highest BCUT2D eigenvalue weighted by atomic mass is 16.6. The zero-order chi connectivity index (χ0) is 24.1. The molecule has 1 aliphatic rings. The minimum Gasteiger partial charge on any atom is -0.479 e. The van der Waals surface area contributed by atoms with Crippen LogP contribution in [-0.2, 0) is 14.3 Å². The van der Waals surface area contributed by atoms with E-state index >= 15 is 0 Å². The van der Waals surface area contributed by atoms with Crippen molar-refractivity contribution < 1.29 is 23.9 Å². The third kappa shape index (κ3) is 5.52. The van der Waals surface area contributed by atoms with Gasteiger partial charge in [0.2, 0.25) is 0 Å². The third-order valence-corrected chi connectivity index (χ3v) is 5.43. The van der Waals surface area contributed by atoms with Crippen molar-refractivity contribution in [2.45, 2.75) is 46.8 Å². The van der Waals surface area contributed by atoms with E-state index < -0.39 is 24.1 Å². The van der Waals surface area contributed by atoms with Crippen LogP contribution < -0.4 is 20.7 Å². The summed E-state index contributed by atoms with van der Waals surface area (Å²) in [6, 6.07) is 11.4. The van der Waals surface area contributed by atoms with Crippen LogP contribution in [0.2, 0.25) is 0 Å². The molecule has 2 aromatic carbocycles. The molecule has 8 nitrogen and oxygen atoms in total. The molecule has 8 heteroatoms. The van der Waals surface area contributed by atoms with E-state index in [2.05, 4.69) is 16.0 Å². The van der Waals surface area contributed by atoms with E-state index in [1.165, 1.54) is 0 Å². The van der Waals surface area contributed by atoms with Gasteiger partial charge in [-0.05, 0) is 63.9 Å². The Balaban J connectivity index is 1.94. The number of nitrogens with one attached hydrogen (secondary N) is 3. The maximum atomic E-state index is 13.3. The lowest BCUT2D eigenvalue weighted by Crippen LogP contribution is -2.46. The number of para-hydroxylation sites is 1. The zero-order valence-corrected chi connectivity index (χ0v) is 19.4. The second kappa shape index (κ2) is 10.2. The van der Waals surface area contributed by atoms with Crippen LogP contribution >= 0.6 is 0 Å². The van der Waals surface area contributed by atoms with Crippen LogP contribution in [0, 0.1) is 13.8 Å². The molecule has 3 amide bonds. The number of carbonyl (C=O) groups is 3. The average Bonchev–Trinajstić information content (AvgIpc) is 2.76. The molecule has 0 radical (unpaired) electrons. The van der Waals surface area contributed by atoms with E-state index in [1.54, 1.807) is 45.0 Å². The van der Waals surface area contributed by atoms with Gasteiger partial charge in [0.25, 0.3) is 5.91 Å². The van der Waals surface area contributed by atoms with Gasteiger partial charge in [-0.15, -0.1) is 0 Å². The SMILES string of the molecule is CCOC(=O)[C@@H](C)Oc1ccccc1[C@@H]1NC(=O)NC(C)=C1C(=O)Nc1ccc(C)c(C)c1. The number of carbonyl (C=O) groups excluding carboxylic acids is 3. The first-order valence-corrected chi connectivity index (χ1v) is 10.8. The number of esters is 1. The van der Waals surface area contributed by atoms with Gasteiger partial charge in [-0.2, -0.15) is 0 Å². The maximum absolute atomic E-state index is 13.3. The van der Waals surface area contributed by atoms with Gasteiger partial charge in [0.05, 0.1) is 18.2 Å². The molecular formula is C25H29N3O5. The van der Waals surface area contributed by atoms with Crippen LogP contribution in [0.5, 0.6) is 5.75 Å². The average molecular weight is 452 g/mol. The fourth-order valence-electron chi connectivity index (χ4n) is 3.57. The Morgan fingerprint density at radius 2 is 1.82 bits per heavy atom. The number of aryl methyl sites for hydroxylation is 2. The predicted molar refractivity (Wildman–Crippen MR) is 125 cm³/mol. The lowest BCUT2D eigenvalue weighted by Gasteiger charge is -2.30. The molecular weight excluding hydrogens is 422 g/mol. The monoisotopic (exact) mass is 451 g/mol. The molecule has 2 aromatic rings. The molecule has 0 aliphatic carbocycles. The fraction of sp³-hybridized carbons (Fsp3) is 0.320. The predicted octanol–water partition coefficient (Wildman–Crippen LogP) is 3.90. The number of benzene rings is 2. The molecule has 1 aliphatic heterocycles. The number of urea groups is 1. The molecule has 1 heterocycles. The molecule has 0 saturated carbocycles. The van der Waals surface area contributed by atoms with E-state index in [4.69, 9.17) is 9.47 Å². The Hall–Kier alpha value is -3.81.